The molecule has 4 heterocycles. The molecule has 7 nitrogen and oxygen atoms in total. The number of imidazole rings is 1. The van der Waals surface area contributed by atoms with Crippen molar-refractivity contribution in [3.8, 4) is 11.3 Å². The lowest BCUT2D eigenvalue weighted by Crippen LogP contribution is -2.38. The monoisotopic (exact) mass is 355 g/mol. The summed E-state index contributed by atoms with van der Waals surface area (Å²) in [5.74, 6) is 2.16. The molecule has 3 aliphatic rings. The predicted octanol–water partition coefficient (Wildman–Crippen LogP) is 1.58. The maximum absolute atomic E-state index is 12.7. The first-order valence-corrected chi connectivity index (χ1v) is 9.71. The first kappa shape index (κ1) is 16.1. The zero-order valence-corrected chi connectivity index (χ0v) is 15.0. The number of carbonyl (C=O) groups excluding carboxylic acids is 1. The van der Waals surface area contributed by atoms with Gasteiger partial charge in [0.15, 0.2) is 0 Å². The van der Waals surface area contributed by atoms with E-state index in [0.717, 1.165) is 62.0 Å². The Morgan fingerprint density at radius 3 is 2.92 bits per heavy atom. The van der Waals surface area contributed by atoms with Gasteiger partial charge in [0.05, 0.1) is 30.6 Å². The van der Waals surface area contributed by atoms with Gasteiger partial charge in [-0.15, -0.1) is 0 Å². The number of carbonyl (C=O) groups is 1. The Balaban J connectivity index is 1.31. The lowest BCUT2D eigenvalue weighted by Gasteiger charge is -2.23. The fourth-order valence-electron chi connectivity index (χ4n) is 4.03. The fourth-order valence-corrected chi connectivity index (χ4v) is 4.03. The van der Waals surface area contributed by atoms with Crippen LogP contribution >= 0.6 is 0 Å². The number of hydrogen-bond donors (Lipinski definition) is 0. The zero-order chi connectivity index (χ0) is 17.5. The third kappa shape index (κ3) is 3.05. The number of aromatic nitrogens is 4. The van der Waals surface area contributed by atoms with Crippen LogP contribution in [0.15, 0.2) is 18.6 Å². The summed E-state index contributed by atoms with van der Waals surface area (Å²) in [5, 5.41) is 4.52. The topological polar surface area (TPSA) is 65.2 Å². The fraction of sp³-hybridized carbons (Fsp3) is 0.632. The summed E-state index contributed by atoms with van der Waals surface area (Å²) in [6.07, 6.45) is 10.3. The highest BCUT2D eigenvalue weighted by molar-refractivity contribution is 5.79. The number of nitrogens with zero attached hydrogens (tertiary/aromatic N) is 5. The molecule has 2 fully saturated rings. The molecule has 0 N–H and O–H groups in total. The van der Waals surface area contributed by atoms with Crippen LogP contribution in [0.3, 0.4) is 0 Å². The van der Waals surface area contributed by atoms with E-state index in [1.807, 2.05) is 17.3 Å². The zero-order valence-electron chi connectivity index (χ0n) is 15.0. The van der Waals surface area contributed by atoms with Crippen LogP contribution in [0.1, 0.15) is 25.1 Å². The Hall–Kier alpha value is -2.15. The molecular formula is C19H25N5O2. The van der Waals surface area contributed by atoms with E-state index < -0.39 is 0 Å². The molecular weight excluding hydrogens is 330 g/mol. The molecule has 0 aromatic carbocycles. The molecule has 7 heteroatoms. The Labute approximate surface area is 152 Å². The van der Waals surface area contributed by atoms with Crippen molar-refractivity contribution >= 4 is 5.91 Å². The molecule has 0 unspecified atom stereocenters. The van der Waals surface area contributed by atoms with E-state index in [1.165, 1.54) is 12.8 Å². The van der Waals surface area contributed by atoms with E-state index in [-0.39, 0.29) is 11.8 Å². The van der Waals surface area contributed by atoms with Crippen LogP contribution in [0, 0.1) is 11.8 Å². The van der Waals surface area contributed by atoms with Crippen molar-refractivity contribution < 1.29 is 9.53 Å². The van der Waals surface area contributed by atoms with Crippen LogP contribution < -0.4 is 0 Å². The lowest BCUT2D eigenvalue weighted by atomic mass is 10.1. The lowest BCUT2D eigenvalue weighted by molar-refractivity contribution is -0.135. The number of ether oxygens (including phenoxy) is 1. The van der Waals surface area contributed by atoms with E-state index in [9.17, 15) is 4.79 Å². The first-order chi connectivity index (χ1) is 12.8. The normalized spacial score (nSPS) is 23.1. The van der Waals surface area contributed by atoms with Crippen molar-refractivity contribution in [2.75, 3.05) is 26.3 Å². The van der Waals surface area contributed by atoms with Crippen molar-refractivity contribution in [2.45, 2.75) is 38.8 Å². The van der Waals surface area contributed by atoms with Gasteiger partial charge in [0, 0.05) is 51.0 Å². The highest BCUT2D eigenvalue weighted by Gasteiger charge is 2.30. The smallest absolute Gasteiger partial charge is 0.228 e. The molecule has 0 spiro atoms. The van der Waals surface area contributed by atoms with Gasteiger partial charge in [0.2, 0.25) is 5.91 Å². The van der Waals surface area contributed by atoms with Crippen LogP contribution in [0.5, 0.6) is 0 Å². The Morgan fingerprint density at radius 1 is 1.19 bits per heavy atom. The summed E-state index contributed by atoms with van der Waals surface area (Å²) in [5.41, 5.74) is 2.23. The van der Waals surface area contributed by atoms with E-state index in [0.29, 0.717) is 13.2 Å². The Bertz CT molecular complexity index is 801. The Morgan fingerprint density at radius 2 is 2.12 bits per heavy atom. The van der Waals surface area contributed by atoms with E-state index in [4.69, 9.17) is 4.74 Å². The summed E-state index contributed by atoms with van der Waals surface area (Å²) in [7, 11) is 0. The van der Waals surface area contributed by atoms with Crippen LogP contribution in [0.25, 0.3) is 11.3 Å². The maximum Gasteiger partial charge on any atom is 0.228 e. The molecule has 1 saturated heterocycles. The average molecular weight is 355 g/mol. The van der Waals surface area contributed by atoms with Crippen molar-refractivity contribution in [3.63, 3.8) is 0 Å². The summed E-state index contributed by atoms with van der Waals surface area (Å²) >= 11 is 0. The number of hydrogen-bond acceptors (Lipinski definition) is 4. The van der Waals surface area contributed by atoms with Crippen molar-refractivity contribution in [1.29, 1.82) is 0 Å². The molecule has 26 heavy (non-hydrogen) atoms. The second kappa shape index (κ2) is 6.54. The van der Waals surface area contributed by atoms with Gasteiger partial charge in [-0.25, -0.2) is 4.98 Å². The maximum atomic E-state index is 12.7. The van der Waals surface area contributed by atoms with Crippen molar-refractivity contribution in [1.82, 2.24) is 24.2 Å². The number of fused-ring (bicyclic) bond motifs is 1. The van der Waals surface area contributed by atoms with E-state index in [2.05, 4.69) is 25.5 Å². The highest BCUT2D eigenvalue weighted by Crippen LogP contribution is 2.31. The van der Waals surface area contributed by atoms with Gasteiger partial charge >= 0.3 is 0 Å². The molecule has 0 radical (unpaired) electrons. The molecule has 5 rings (SSSR count). The predicted molar refractivity (Wildman–Crippen MR) is 95.4 cm³/mol. The second-order valence-corrected chi connectivity index (χ2v) is 7.74. The molecule has 2 aliphatic heterocycles. The minimum atomic E-state index is 0.0422. The summed E-state index contributed by atoms with van der Waals surface area (Å²) in [6, 6.07) is 0. The molecule has 1 amide bonds. The van der Waals surface area contributed by atoms with Crippen LogP contribution in [0.2, 0.25) is 0 Å². The number of amides is 1. The van der Waals surface area contributed by atoms with Crippen molar-refractivity contribution in [2.24, 2.45) is 11.8 Å². The van der Waals surface area contributed by atoms with Crippen molar-refractivity contribution in [3.05, 3.63) is 24.4 Å². The third-order valence-electron chi connectivity index (χ3n) is 5.80. The molecule has 1 atom stereocenters. The standard InChI is InChI=1S/C19H25N5O2/c25-19(15-4-8-26-13-15)22-5-3-18-20-10-17(24(18)7-6-22)16-9-21-23(12-16)11-14-1-2-14/h9-10,12,14-15H,1-8,11,13H2/t15-/m1/s1. The van der Waals surface area contributed by atoms with Gasteiger partial charge in [-0.05, 0) is 25.2 Å². The van der Waals surface area contributed by atoms with Gasteiger partial charge in [-0.1, -0.05) is 0 Å². The largest absolute Gasteiger partial charge is 0.381 e. The SMILES string of the molecule is O=C([C@@H]1CCOC1)N1CCc2ncc(-c3cnn(CC4CC4)c3)n2CC1. The summed E-state index contributed by atoms with van der Waals surface area (Å²) in [6.45, 7) is 4.57. The van der Waals surface area contributed by atoms with Gasteiger partial charge < -0.3 is 14.2 Å². The summed E-state index contributed by atoms with van der Waals surface area (Å²) < 4.78 is 9.70. The molecule has 0 bridgehead atoms. The van der Waals surface area contributed by atoms with E-state index >= 15 is 0 Å². The molecule has 2 aromatic rings. The summed E-state index contributed by atoms with van der Waals surface area (Å²) in [4.78, 5) is 19.3. The van der Waals surface area contributed by atoms with Crippen LogP contribution in [0.4, 0.5) is 0 Å². The van der Waals surface area contributed by atoms with Crippen LogP contribution in [-0.4, -0.2) is 56.4 Å². The second-order valence-electron chi connectivity index (χ2n) is 7.74. The first-order valence-electron chi connectivity index (χ1n) is 9.71. The average Bonchev–Trinajstić information content (AvgIpc) is 3.03. The van der Waals surface area contributed by atoms with Crippen LogP contribution in [-0.2, 0) is 29.0 Å². The minimum absolute atomic E-state index is 0.0422. The van der Waals surface area contributed by atoms with Gasteiger partial charge in [0.1, 0.15) is 5.82 Å². The molecule has 138 valence electrons. The third-order valence-corrected chi connectivity index (χ3v) is 5.80. The van der Waals surface area contributed by atoms with Gasteiger partial charge in [-0.3, -0.25) is 9.48 Å². The number of rotatable bonds is 4. The molecule has 1 saturated carbocycles. The molecule has 1 aliphatic carbocycles. The minimum Gasteiger partial charge on any atom is -0.381 e. The van der Waals surface area contributed by atoms with E-state index in [1.54, 1.807) is 0 Å². The molecule has 2 aromatic heterocycles. The van der Waals surface area contributed by atoms with Gasteiger partial charge in [0.25, 0.3) is 0 Å². The quantitative estimate of drug-likeness (QED) is 0.835. The Kier molecular flexibility index (Phi) is 4.04. The van der Waals surface area contributed by atoms with Gasteiger partial charge in [-0.2, -0.15) is 5.10 Å². The highest BCUT2D eigenvalue weighted by atomic mass is 16.5.